The lowest BCUT2D eigenvalue weighted by atomic mass is 10.1. The monoisotopic (exact) mass is 476 g/mol. The predicted molar refractivity (Wildman–Crippen MR) is 121 cm³/mol. The van der Waals surface area contributed by atoms with Gasteiger partial charge in [-0.2, -0.15) is 0 Å². The third-order valence-corrected chi connectivity index (χ3v) is 6.00. The van der Waals surface area contributed by atoms with Crippen LogP contribution >= 0.6 is 24.8 Å². The number of phenolic OH excluding ortho intramolecular Hbond substituents is 1. The van der Waals surface area contributed by atoms with Crippen LogP contribution in [0.4, 0.5) is 0 Å². The van der Waals surface area contributed by atoms with Gasteiger partial charge in [0.15, 0.2) is 0 Å². The molecular weight excluding hydrogens is 451 g/mol. The molecule has 0 amide bonds. The van der Waals surface area contributed by atoms with Crippen LogP contribution in [0.5, 0.6) is 11.5 Å². The number of ether oxygens (including phenoxy) is 1. The van der Waals surface area contributed by atoms with Crippen molar-refractivity contribution in [2.24, 2.45) is 5.73 Å². The smallest absolute Gasteiger partial charge is 0.244 e. The molecule has 30 heavy (non-hydrogen) atoms. The Morgan fingerprint density at radius 3 is 2.53 bits per heavy atom. The molecule has 2 aromatic carbocycles. The standard InChI is InChI=1S/C19H24N4O4S.2ClH/c20-19(21)14-3-6-17(24)18(11-14)28(25,26)23-10-7-13-1-4-15(5-2-13)27-16-8-9-22-12-16;;/h1-6,11,16,22-24H,7-10,12H2,(H3,20,21);2*1H. The number of nitrogen functional groups attached to an aromatic ring is 1. The largest absolute Gasteiger partial charge is 0.507 e. The molecular formula is C19H26Cl2N4O4S. The Morgan fingerprint density at radius 2 is 1.93 bits per heavy atom. The van der Waals surface area contributed by atoms with Gasteiger partial charge in [0.05, 0.1) is 0 Å². The number of nitrogens with two attached hydrogens (primary N) is 1. The molecule has 1 atom stereocenters. The lowest BCUT2D eigenvalue weighted by molar-refractivity contribution is 0.223. The van der Waals surface area contributed by atoms with Crippen LogP contribution in [0, 0.1) is 5.41 Å². The minimum Gasteiger partial charge on any atom is -0.507 e. The topological polar surface area (TPSA) is 138 Å². The molecule has 0 bridgehead atoms. The summed E-state index contributed by atoms with van der Waals surface area (Å²) in [5, 5.41) is 20.5. The second kappa shape index (κ2) is 11.4. The fraction of sp³-hybridized carbons (Fsp3) is 0.316. The molecule has 0 aromatic heterocycles. The molecule has 1 fully saturated rings. The van der Waals surface area contributed by atoms with Crippen LogP contribution in [0.3, 0.4) is 0 Å². The summed E-state index contributed by atoms with van der Waals surface area (Å²) in [6.45, 7) is 1.98. The van der Waals surface area contributed by atoms with Crippen molar-refractivity contribution in [2.75, 3.05) is 19.6 Å². The maximum absolute atomic E-state index is 12.5. The quantitative estimate of drug-likeness (QED) is 0.290. The van der Waals surface area contributed by atoms with Gasteiger partial charge in [0.1, 0.15) is 28.3 Å². The van der Waals surface area contributed by atoms with Gasteiger partial charge >= 0.3 is 0 Å². The zero-order valence-corrected chi connectivity index (χ0v) is 18.6. The van der Waals surface area contributed by atoms with E-state index in [-0.39, 0.29) is 59.5 Å². The van der Waals surface area contributed by atoms with Gasteiger partial charge in [0, 0.05) is 18.7 Å². The Balaban J connectivity index is 0.00000225. The van der Waals surface area contributed by atoms with E-state index in [9.17, 15) is 13.5 Å². The second-order valence-corrected chi connectivity index (χ2v) is 8.36. The summed E-state index contributed by atoms with van der Waals surface area (Å²) in [5.74, 6) is 0.136. The van der Waals surface area contributed by atoms with Gasteiger partial charge in [-0.3, -0.25) is 5.41 Å². The van der Waals surface area contributed by atoms with Crippen molar-refractivity contribution in [1.82, 2.24) is 10.0 Å². The van der Waals surface area contributed by atoms with E-state index in [1.165, 1.54) is 18.2 Å². The van der Waals surface area contributed by atoms with Crippen molar-refractivity contribution in [3.05, 3.63) is 53.6 Å². The highest BCUT2D eigenvalue weighted by Crippen LogP contribution is 2.23. The maximum atomic E-state index is 12.5. The fourth-order valence-corrected chi connectivity index (χ4v) is 4.11. The van der Waals surface area contributed by atoms with Crippen LogP contribution < -0.4 is 20.5 Å². The van der Waals surface area contributed by atoms with Gasteiger partial charge in [-0.15, -0.1) is 24.8 Å². The van der Waals surface area contributed by atoms with E-state index in [0.717, 1.165) is 30.8 Å². The molecule has 6 N–H and O–H groups in total. The number of nitrogens with one attached hydrogen (secondary N) is 3. The van der Waals surface area contributed by atoms with Gasteiger partial charge in [0.25, 0.3) is 0 Å². The number of rotatable bonds is 8. The van der Waals surface area contributed by atoms with Crippen LogP contribution in [-0.2, 0) is 16.4 Å². The Labute approximate surface area is 188 Å². The summed E-state index contributed by atoms with van der Waals surface area (Å²) < 4.78 is 33.2. The summed E-state index contributed by atoms with van der Waals surface area (Å²) in [6, 6.07) is 11.4. The summed E-state index contributed by atoms with van der Waals surface area (Å²) in [4.78, 5) is -0.297. The Bertz CT molecular complexity index is 950. The average Bonchev–Trinajstić information content (AvgIpc) is 3.16. The minimum atomic E-state index is -3.92. The molecule has 1 unspecified atom stereocenters. The van der Waals surface area contributed by atoms with Crippen molar-refractivity contribution >= 4 is 40.7 Å². The molecule has 1 aliphatic heterocycles. The van der Waals surface area contributed by atoms with Gasteiger partial charge in [-0.25, -0.2) is 13.1 Å². The molecule has 0 radical (unpaired) electrons. The lowest BCUT2D eigenvalue weighted by Gasteiger charge is -2.13. The summed E-state index contributed by atoms with van der Waals surface area (Å²) in [7, 11) is -3.92. The molecule has 0 spiro atoms. The maximum Gasteiger partial charge on any atom is 0.244 e. The first-order valence-electron chi connectivity index (χ1n) is 8.98. The number of benzene rings is 2. The Morgan fingerprint density at radius 1 is 1.23 bits per heavy atom. The van der Waals surface area contributed by atoms with E-state index in [1.54, 1.807) is 0 Å². The van der Waals surface area contributed by atoms with Crippen molar-refractivity contribution in [3.63, 3.8) is 0 Å². The molecule has 1 saturated heterocycles. The number of sulfonamides is 1. The molecule has 166 valence electrons. The van der Waals surface area contributed by atoms with Crippen LogP contribution in [0.25, 0.3) is 0 Å². The summed E-state index contributed by atoms with van der Waals surface area (Å²) >= 11 is 0. The highest BCUT2D eigenvalue weighted by Gasteiger charge is 2.19. The third-order valence-electron chi connectivity index (χ3n) is 4.51. The first-order chi connectivity index (χ1) is 13.3. The number of phenols is 1. The number of halogens is 2. The molecule has 0 aliphatic carbocycles. The Kier molecular flexibility index (Phi) is 9.86. The third kappa shape index (κ3) is 6.75. The fourth-order valence-electron chi connectivity index (χ4n) is 2.96. The number of hydrogen-bond acceptors (Lipinski definition) is 6. The average molecular weight is 477 g/mol. The molecule has 11 heteroatoms. The normalized spacial score (nSPS) is 15.7. The van der Waals surface area contributed by atoms with Crippen molar-refractivity contribution < 1.29 is 18.3 Å². The van der Waals surface area contributed by atoms with Crippen LogP contribution in [-0.4, -0.2) is 45.1 Å². The van der Waals surface area contributed by atoms with E-state index in [1.807, 2.05) is 24.3 Å². The highest BCUT2D eigenvalue weighted by atomic mass is 35.5. The molecule has 2 aromatic rings. The minimum absolute atomic E-state index is 0. The van der Waals surface area contributed by atoms with E-state index >= 15 is 0 Å². The number of amidine groups is 1. The number of hydrogen-bond donors (Lipinski definition) is 5. The number of aromatic hydroxyl groups is 1. The lowest BCUT2D eigenvalue weighted by Crippen LogP contribution is -2.26. The van der Waals surface area contributed by atoms with Crippen LogP contribution in [0.1, 0.15) is 17.5 Å². The molecule has 1 aliphatic rings. The van der Waals surface area contributed by atoms with Gasteiger partial charge < -0.3 is 20.9 Å². The van der Waals surface area contributed by atoms with E-state index in [4.69, 9.17) is 15.9 Å². The van der Waals surface area contributed by atoms with Crippen LogP contribution in [0.15, 0.2) is 47.4 Å². The predicted octanol–water partition coefficient (Wildman–Crippen LogP) is 1.78. The zero-order chi connectivity index (χ0) is 20.1. The SMILES string of the molecule is Cl.Cl.N=C(N)c1ccc(O)c(S(=O)(=O)NCCc2ccc(OC3CCNC3)cc2)c1. The first-order valence-corrected chi connectivity index (χ1v) is 10.5. The molecule has 8 nitrogen and oxygen atoms in total. The second-order valence-electron chi connectivity index (χ2n) is 6.62. The summed E-state index contributed by atoms with van der Waals surface area (Å²) in [5.41, 5.74) is 6.58. The molecule has 3 rings (SSSR count). The molecule has 1 heterocycles. The van der Waals surface area contributed by atoms with Crippen molar-refractivity contribution in [1.29, 1.82) is 5.41 Å². The van der Waals surface area contributed by atoms with E-state index < -0.39 is 10.0 Å². The van der Waals surface area contributed by atoms with Crippen LogP contribution in [0.2, 0.25) is 0 Å². The van der Waals surface area contributed by atoms with E-state index in [0.29, 0.717) is 6.42 Å². The first kappa shape index (κ1) is 26.0. The highest BCUT2D eigenvalue weighted by molar-refractivity contribution is 7.89. The van der Waals surface area contributed by atoms with Gasteiger partial charge in [-0.05, 0) is 55.3 Å². The van der Waals surface area contributed by atoms with Crippen molar-refractivity contribution in [3.8, 4) is 11.5 Å². The zero-order valence-electron chi connectivity index (χ0n) is 16.1. The summed E-state index contributed by atoms with van der Waals surface area (Å²) in [6.07, 6.45) is 1.66. The van der Waals surface area contributed by atoms with Gasteiger partial charge in [-0.1, -0.05) is 12.1 Å². The van der Waals surface area contributed by atoms with E-state index in [2.05, 4.69) is 10.0 Å². The van der Waals surface area contributed by atoms with Gasteiger partial charge in [0.2, 0.25) is 10.0 Å². The van der Waals surface area contributed by atoms with Crippen molar-refractivity contribution in [2.45, 2.75) is 23.8 Å². The Hall–Kier alpha value is -2.04. The molecule has 0 saturated carbocycles.